The summed E-state index contributed by atoms with van der Waals surface area (Å²) in [5.41, 5.74) is 7.35. The number of nitrogens with zero attached hydrogens (tertiary/aromatic N) is 1. The van der Waals surface area contributed by atoms with Gasteiger partial charge in [0.15, 0.2) is 5.96 Å². The van der Waals surface area contributed by atoms with Gasteiger partial charge in [-0.1, -0.05) is 57.0 Å². The Morgan fingerprint density at radius 3 is 2.72 bits per heavy atom. The molecule has 1 saturated heterocycles. The Kier molecular flexibility index (Phi) is 8.26. The van der Waals surface area contributed by atoms with Crippen LogP contribution in [0.5, 0.6) is 0 Å². The van der Waals surface area contributed by atoms with Gasteiger partial charge in [-0.15, -0.1) is 0 Å². The van der Waals surface area contributed by atoms with Crippen molar-refractivity contribution in [3.8, 4) is 0 Å². The van der Waals surface area contributed by atoms with Crippen molar-refractivity contribution in [3.63, 3.8) is 0 Å². The largest absolute Gasteiger partial charge is 0.373 e. The van der Waals surface area contributed by atoms with E-state index in [1.165, 1.54) is 18.4 Å². The minimum atomic E-state index is 0.134. The molecule has 0 aliphatic carbocycles. The van der Waals surface area contributed by atoms with Gasteiger partial charge in [0.2, 0.25) is 0 Å². The predicted molar refractivity (Wildman–Crippen MR) is 106 cm³/mol. The Hall–Kier alpha value is -1.55. The lowest BCUT2D eigenvalue weighted by atomic mass is 9.89. The predicted octanol–water partition coefficient (Wildman–Crippen LogP) is 4.27. The second-order valence-corrected chi connectivity index (χ2v) is 7.70. The van der Waals surface area contributed by atoms with Crippen molar-refractivity contribution >= 4 is 5.96 Å². The van der Waals surface area contributed by atoms with Gasteiger partial charge < -0.3 is 15.8 Å². The summed E-state index contributed by atoms with van der Waals surface area (Å²) in [7, 11) is 0. The molecule has 3 N–H and O–H groups in total. The summed E-state index contributed by atoms with van der Waals surface area (Å²) in [4.78, 5) is 4.61. The van der Waals surface area contributed by atoms with Crippen molar-refractivity contribution in [1.29, 1.82) is 0 Å². The summed E-state index contributed by atoms with van der Waals surface area (Å²) in [5.74, 6) is 1.72. The highest BCUT2D eigenvalue weighted by molar-refractivity contribution is 5.78. The highest BCUT2D eigenvalue weighted by Gasteiger charge is 2.27. The number of nitrogens with two attached hydrogens (primary N) is 1. The molecule has 0 amide bonds. The zero-order chi connectivity index (χ0) is 18.1. The zero-order valence-electron chi connectivity index (χ0n) is 16.1. The third-order valence-corrected chi connectivity index (χ3v) is 4.88. The van der Waals surface area contributed by atoms with E-state index in [1.807, 2.05) is 6.07 Å². The van der Waals surface area contributed by atoms with Gasteiger partial charge in [-0.05, 0) is 37.7 Å². The van der Waals surface area contributed by atoms with Crippen LogP contribution in [0.3, 0.4) is 0 Å². The maximum atomic E-state index is 6.11. The molecule has 1 aromatic carbocycles. The van der Waals surface area contributed by atoms with E-state index in [0.717, 1.165) is 38.3 Å². The first-order valence-corrected chi connectivity index (χ1v) is 9.79. The number of hydrogen-bond acceptors (Lipinski definition) is 2. The molecule has 0 saturated carbocycles. The van der Waals surface area contributed by atoms with Crippen LogP contribution in [0.4, 0.5) is 0 Å². The van der Waals surface area contributed by atoms with Crippen LogP contribution in [0.25, 0.3) is 0 Å². The molecule has 1 fully saturated rings. The molecule has 0 radical (unpaired) electrons. The number of aliphatic imine (C=N–C) groups is 1. The molecule has 0 bridgehead atoms. The molecule has 25 heavy (non-hydrogen) atoms. The van der Waals surface area contributed by atoms with Crippen molar-refractivity contribution in [3.05, 3.63) is 35.9 Å². The fraction of sp³-hybridized carbons (Fsp3) is 0.667. The Balaban J connectivity index is 1.83. The molecule has 2 rings (SSSR count). The molecule has 3 atom stereocenters. The zero-order valence-corrected chi connectivity index (χ0v) is 16.1. The lowest BCUT2D eigenvalue weighted by Gasteiger charge is -2.31. The third kappa shape index (κ3) is 7.07. The second kappa shape index (κ2) is 10.4. The van der Waals surface area contributed by atoms with Crippen LogP contribution in [0.15, 0.2) is 35.3 Å². The Bertz CT molecular complexity index is 515. The van der Waals surface area contributed by atoms with Gasteiger partial charge in [0.05, 0.1) is 6.10 Å². The van der Waals surface area contributed by atoms with Crippen LogP contribution in [0.2, 0.25) is 0 Å². The molecule has 4 heteroatoms. The number of ether oxygens (including phenoxy) is 1. The van der Waals surface area contributed by atoms with E-state index < -0.39 is 0 Å². The van der Waals surface area contributed by atoms with E-state index in [9.17, 15) is 0 Å². The van der Waals surface area contributed by atoms with Crippen LogP contribution in [-0.2, 0) is 4.74 Å². The van der Waals surface area contributed by atoms with Crippen LogP contribution < -0.4 is 11.1 Å². The van der Waals surface area contributed by atoms with E-state index in [4.69, 9.17) is 10.5 Å². The fourth-order valence-corrected chi connectivity index (χ4v) is 3.46. The summed E-state index contributed by atoms with van der Waals surface area (Å²) < 4.78 is 6.04. The lowest BCUT2D eigenvalue weighted by Crippen LogP contribution is -2.39. The van der Waals surface area contributed by atoms with Gasteiger partial charge in [0.25, 0.3) is 0 Å². The van der Waals surface area contributed by atoms with Gasteiger partial charge in [0.1, 0.15) is 0 Å². The average molecular weight is 346 g/mol. The molecule has 0 aromatic heterocycles. The summed E-state index contributed by atoms with van der Waals surface area (Å²) in [6.45, 7) is 8.27. The first-order chi connectivity index (χ1) is 12.1. The quantitative estimate of drug-likeness (QED) is 0.546. The van der Waals surface area contributed by atoms with Crippen LogP contribution >= 0.6 is 0 Å². The molecule has 1 heterocycles. The molecular weight excluding hydrogens is 310 g/mol. The number of hydrogen-bond donors (Lipinski definition) is 2. The first kappa shape index (κ1) is 19.8. The van der Waals surface area contributed by atoms with Gasteiger partial charge >= 0.3 is 0 Å². The lowest BCUT2D eigenvalue weighted by molar-refractivity contribution is -0.0250. The van der Waals surface area contributed by atoms with Gasteiger partial charge in [0, 0.05) is 25.1 Å². The number of rotatable bonds is 8. The molecule has 0 spiro atoms. The van der Waals surface area contributed by atoms with Crippen molar-refractivity contribution in [2.75, 3.05) is 13.2 Å². The van der Waals surface area contributed by atoms with E-state index in [1.54, 1.807) is 0 Å². The Labute approximate surface area is 153 Å². The first-order valence-electron chi connectivity index (χ1n) is 9.79. The normalized spacial score (nSPS) is 22.8. The second-order valence-electron chi connectivity index (χ2n) is 7.70. The molecule has 1 aliphatic heterocycles. The van der Waals surface area contributed by atoms with Crippen LogP contribution in [0.1, 0.15) is 64.5 Å². The molecular formula is C21H35N3O. The minimum absolute atomic E-state index is 0.134. The monoisotopic (exact) mass is 345 g/mol. The van der Waals surface area contributed by atoms with Gasteiger partial charge in [-0.25, -0.2) is 0 Å². The molecule has 3 unspecified atom stereocenters. The summed E-state index contributed by atoms with van der Waals surface area (Å²) in [5, 5.41) is 3.33. The Morgan fingerprint density at radius 1 is 1.24 bits per heavy atom. The van der Waals surface area contributed by atoms with Crippen molar-refractivity contribution in [2.45, 2.75) is 65.0 Å². The topological polar surface area (TPSA) is 59.6 Å². The fourth-order valence-electron chi connectivity index (χ4n) is 3.46. The molecule has 1 aromatic rings. The minimum Gasteiger partial charge on any atom is -0.373 e. The van der Waals surface area contributed by atoms with Crippen molar-refractivity contribution in [2.24, 2.45) is 22.6 Å². The standard InChI is InChI=1S/C21H35N3O/c1-16(2)9-7-10-17(3)24-21(22)23-15-19-13-8-14-25-20(19)18-11-5-4-6-12-18/h4-6,11-12,16-17,19-20H,7-10,13-15H2,1-3H3,(H3,22,23,24). The van der Waals surface area contributed by atoms with Crippen LogP contribution in [-0.4, -0.2) is 25.2 Å². The van der Waals surface area contributed by atoms with Crippen molar-refractivity contribution < 1.29 is 4.74 Å². The summed E-state index contributed by atoms with van der Waals surface area (Å²) in [6, 6.07) is 10.8. The SMILES string of the molecule is CC(C)CCCC(C)NC(N)=NCC1CCCOC1c1ccccc1. The summed E-state index contributed by atoms with van der Waals surface area (Å²) >= 11 is 0. The smallest absolute Gasteiger partial charge is 0.188 e. The molecule has 1 aliphatic rings. The van der Waals surface area contributed by atoms with E-state index in [2.05, 4.69) is 55.3 Å². The maximum absolute atomic E-state index is 6.11. The van der Waals surface area contributed by atoms with Crippen LogP contribution in [0, 0.1) is 11.8 Å². The molecule has 140 valence electrons. The van der Waals surface area contributed by atoms with Gasteiger partial charge in [-0.3, -0.25) is 4.99 Å². The van der Waals surface area contributed by atoms with E-state index >= 15 is 0 Å². The molecule has 4 nitrogen and oxygen atoms in total. The average Bonchev–Trinajstić information content (AvgIpc) is 2.60. The highest BCUT2D eigenvalue weighted by Crippen LogP contribution is 2.33. The van der Waals surface area contributed by atoms with Crippen molar-refractivity contribution in [1.82, 2.24) is 5.32 Å². The Morgan fingerprint density at radius 2 is 2.00 bits per heavy atom. The number of guanidine groups is 1. The van der Waals surface area contributed by atoms with E-state index in [-0.39, 0.29) is 6.10 Å². The summed E-state index contributed by atoms with van der Waals surface area (Å²) in [6.07, 6.45) is 6.00. The third-order valence-electron chi connectivity index (χ3n) is 4.88. The maximum Gasteiger partial charge on any atom is 0.188 e. The number of nitrogens with one attached hydrogen (secondary N) is 1. The van der Waals surface area contributed by atoms with Gasteiger partial charge in [-0.2, -0.15) is 0 Å². The highest BCUT2D eigenvalue weighted by atomic mass is 16.5. The number of benzene rings is 1. The van der Waals surface area contributed by atoms with E-state index in [0.29, 0.717) is 17.9 Å².